The second-order valence-corrected chi connectivity index (χ2v) is 16.7. The SMILES string of the molecule is c1ccc(-c2nc(-c3cccc4c3oc3c5ccccc5c(-n5c6ccccc6c6cc7ccccc7cc65)cc43)nc(-c3cccc4c5ccccc5n(-c5ccccc5)c34)n2)cc1. The van der Waals surface area contributed by atoms with Crippen LogP contribution in [0.3, 0.4) is 0 Å². The Morgan fingerprint density at radius 3 is 1.63 bits per heavy atom. The van der Waals surface area contributed by atoms with Gasteiger partial charge in [0.25, 0.3) is 0 Å². The van der Waals surface area contributed by atoms with Crippen molar-refractivity contribution in [3.63, 3.8) is 0 Å². The Bertz CT molecular complexity index is 4240. The summed E-state index contributed by atoms with van der Waals surface area (Å²) in [7, 11) is 0. The zero-order valence-electron chi connectivity index (χ0n) is 34.9. The monoisotopic (exact) mass is 829 g/mol. The maximum Gasteiger partial charge on any atom is 0.167 e. The van der Waals surface area contributed by atoms with Crippen molar-refractivity contribution >= 4 is 87.1 Å². The summed E-state index contributed by atoms with van der Waals surface area (Å²) in [5, 5.41) is 11.3. The first-order chi connectivity index (χ1) is 32.2. The van der Waals surface area contributed by atoms with Crippen molar-refractivity contribution in [2.45, 2.75) is 0 Å². The van der Waals surface area contributed by atoms with Gasteiger partial charge in [0.1, 0.15) is 11.2 Å². The summed E-state index contributed by atoms with van der Waals surface area (Å²) in [5.74, 6) is 1.71. The summed E-state index contributed by atoms with van der Waals surface area (Å²) < 4.78 is 11.9. The normalized spacial score (nSPS) is 12.0. The molecule has 0 atom stereocenters. The lowest BCUT2D eigenvalue weighted by atomic mass is 10.0. The van der Waals surface area contributed by atoms with E-state index in [0.29, 0.717) is 17.5 Å². The lowest BCUT2D eigenvalue weighted by molar-refractivity contribution is 0.673. The molecule has 0 aliphatic heterocycles. The molecule has 0 aliphatic rings. The highest BCUT2D eigenvalue weighted by molar-refractivity contribution is 6.21. The van der Waals surface area contributed by atoms with E-state index < -0.39 is 0 Å². The van der Waals surface area contributed by atoms with Gasteiger partial charge in [-0.2, -0.15) is 0 Å². The van der Waals surface area contributed by atoms with Crippen molar-refractivity contribution in [2.75, 3.05) is 0 Å². The van der Waals surface area contributed by atoms with E-state index >= 15 is 0 Å². The summed E-state index contributed by atoms with van der Waals surface area (Å²) in [6, 6.07) is 74.9. The Kier molecular flexibility index (Phi) is 7.59. The van der Waals surface area contributed by atoms with Crippen LogP contribution in [0.5, 0.6) is 0 Å². The number of furan rings is 1. The summed E-state index contributed by atoms with van der Waals surface area (Å²) in [6.07, 6.45) is 0. The number of rotatable bonds is 5. The van der Waals surface area contributed by atoms with Gasteiger partial charge in [-0.1, -0.05) is 158 Å². The molecule has 0 bridgehead atoms. The van der Waals surface area contributed by atoms with Crippen LogP contribution >= 0.6 is 0 Å². The molecule has 4 heterocycles. The highest BCUT2D eigenvalue weighted by Gasteiger charge is 2.24. The third kappa shape index (κ3) is 5.31. The first-order valence-corrected chi connectivity index (χ1v) is 21.9. The predicted octanol–water partition coefficient (Wildman–Crippen LogP) is 15.3. The molecule has 0 spiro atoms. The van der Waals surface area contributed by atoms with E-state index in [4.69, 9.17) is 19.4 Å². The average molecular weight is 830 g/mol. The topological polar surface area (TPSA) is 61.7 Å². The Morgan fingerprint density at radius 1 is 0.323 bits per heavy atom. The van der Waals surface area contributed by atoms with Gasteiger partial charge >= 0.3 is 0 Å². The van der Waals surface area contributed by atoms with Gasteiger partial charge in [0.15, 0.2) is 17.5 Å². The maximum atomic E-state index is 7.12. The van der Waals surface area contributed by atoms with Crippen LogP contribution in [-0.4, -0.2) is 24.1 Å². The van der Waals surface area contributed by atoms with Crippen molar-refractivity contribution < 1.29 is 4.42 Å². The van der Waals surface area contributed by atoms with Crippen LogP contribution in [0, 0.1) is 0 Å². The van der Waals surface area contributed by atoms with Crippen LogP contribution in [0.25, 0.3) is 133 Å². The quantitative estimate of drug-likeness (QED) is 0.173. The zero-order chi connectivity index (χ0) is 42.6. The zero-order valence-corrected chi connectivity index (χ0v) is 34.9. The number of benzene rings is 10. The van der Waals surface area contributed by atoms with Crippen molar-refractivity contribution in [3.8, 4) is 45.5 Å². The van der Waals surface area contributed by atoms with Crippen molar-refractivity contribution in [1.82, 2.24) is 24.1 Å². The standard InChI is InChI=1S/C59H35N5O/c1-3-17-36(18-4-1)57-60-58(46-29-15-27-43-40-23-11-13-31-50(40)63(54(43)46)39-21-5-2-6-22-39)62-59(61-57)47-30-16-28-45-49-35-53(41-24-9-10-26-44(41)56(49)65-55(45)47)64-51-32-14-12-25-42(51)48-33-37-19-7-8-20-38(37)34-52(48)64/h1-35H. The van der Waals surface area contributed by atoms with E-state index in [-0.39, 0.29) is 0 Å². The van der Waals surface area contributed by atoms with Crippen LogP contribution in [0.2, 0.25) is 0 Å². The van der Waals surface area contributed by atoms with Crippen LogP contribution < -0.4 is 0 Å². The van der Waals surface area contributed by atoms with Crippen molar-refractivity contribution in [1.29, 1.82) is 0 Å². The minimum atomic E-state index is 0.539. The molecular formula is C59H35N5O. The number of fused-ring (bicyclic) bond motifs is 12. The fourth-order valence-electron chi connectivity index (χ4n) is 10.3. The molecule has 65 heavy (non-hydrogen) atoms. The van der Waals surface area contributed by atoms with Crippen LogP contribution in [0.1, 0.15) is 0 Å². The van der Waals surface area contributed by atoms with Crippen LogP contribution in [0.15, 0.2) is 217 Å². The molecule has 6 heteroatoms. The summed E-state index contributed by atoms with van der Waals surface area (Å²) in [4.78, 5) is 15.9. The smallest absolute Gasteiger partial charge is 0.167 e. The Labute approximate surface area is 371 Å². The molecule has 0 saturated carbocycles. The molecule has 302 valence electrons. The number of para-hydroxylation sites is 5. The van der Waals surface area contributed by atoms with Gasteiger partial charge in [-0.15, -0.1) is 0 Å². The number of hydrogen-bond donors (Lipinski definition) is 0. The first-order valence-electron chi connectivity index (χ1n) is 21.9. The minimum Gasteiger partial charge on any atom is -0.455 e. The van der Waals surface area contributed by atoms with E-state index in [0.717, 1.165) is 88.2 Å². The summed E-state index contributed by atoms with van der Waals surface area (Å²) in [5.41, 5.74) is 10.8. The Morgan fingerprint density at radius 2 is 0.862 bits per heavy atom. The third-order valence-corrected chi connectivity index (χ3v) is 13.1. The Balaban J connectivity index is 1.04. The van der Waals surface area contributed by atoms with E-state index in [2.05, 4.69) is 203 Å². The van der Waals surface area contributed by atoms with Crippen molar-refractivity contribution in [2.24, 2.45) is 0 Å². The van der Waals surface area contributed by atoms with Gasteiger partial charge in [-0.3, -0.25) is 0 Å². The Hall–Kier alpha value is -8.87. The number of hydrogen-bond acceptors (Lipinski definition) is 4. The molecule has 14 rings (SSSR count). The van der Waals surface area contributed by atoms with Gasteiger partial charge in [0.2, 0.25) is 0 Å². The minimum absolute atomic E-state index is 0.539. The average Bonchev–Trinajstić information content (AvgIpc) is 4.03. The fraction of sp³-hybridized carbons (Fsp3) is 0. The van der Waals surface area contributed by atoms with Gasteiger partial charge in [-0.05, 0) is 65.4 Å². The molecule has 0 saturated heterocycles. The van der Waals surface area contributed by atoms with Gasteiger partial charge in [-0.25, -0.2) is 15.0 Å². The highest BCUT2D eigenvalue weighted by atomic mass is 16.3. The molecule has 0 radical (unpaired) electrons. The third-order valence-electron chi connectivity index (χ3n) is 13.1. The highest BCUT2D eigenvalue weighted by Crippen LogP contribution is 2.44. The summed E-state index contributed by atoms with van der Waals surface area (Å²) >= 11 is 0. The molecule has 0 N–H and O–H groups in total. The van der Waals surface area contributed by atoms with Gasteiger partial charge in [0, 0.05) is 59.9 Å². The van der Waals surface area contributed by atoms with E-state index in [1.807, 2.05) is 18.2 Å². The van der Waals surface area contributed by atoms with Gasteiger partial charge < -0.3 is 13.6 Å². The van der Waals surface area contributed by atoms with Gasteiger partial charge in [0.05, 0.1) is 33.3 Å². The lowest BCUT2D eigenvalue weighted by Gasteiger charge is -2.13. The molecule has 14 aromatic rings. The van der Waals surface area contributed by atoms with E-state index in [1.165, 1.54) is 26.9 Å². The molecule has 0 fully saturated rings. The molecule has 10 aromatic carbocycles. The lowest BCUT2D eigenvalue weighted by Crippen LogP contribution is -2.02. The first kappa shape index (κ1) is 35.7. The predicted molar refractivity (Wildman–Crippen MR) is 267 cm³/mol. The van der Waals surface area contributed by atoms with E-state index in [1.54, 1.807) is 0 Å². The van der Waals surface area contributed by atoms with E-state index in [9.17, 15) is 0 Å². The second kappa shape index (κ2) is 13.8. The summed E-state index contributed by atoms with van der Waals surface area (Å²) in [6.45, 7) is 0. The maximum absolute atomic E-state index is 7.12. The van der Waals surface area contributed by atoms with Crippen LogP contribution in [-0.2, 0) is 0 Å². The molecular weight excluding hydrogens is 795 g/mol. The number of nitrogens with zero attached hydrogens (tertiary/aromatic N) is 5. The van der Waals surface area contributed by atoms with Crippen LogP contribution in [0.4, 0.5) is 0 Å². The second-order valence-electron chi connectivity index (χ2n) is 16.7. The largest absolute Gasteiger partial charge is 0.455 e. The van der Waals surface area contributed by atoms with Crippen molar-refractivity contribution in [3.05, 3.63) is 212 Å². The fourth-order valence-corrected chi connectivity index (χ4v) is 10.3. The molecule has 6 nitrogen and oxygen atoms in total. The molecule has 0 amide bonds. The molecule has 0 unspecified atom stereocenters. The number of aromatic nitrogens is 5. The molecule has 4 aromatic heterocycles. The molecule has 0 aliphatic carbocycles.